The number of fused-ring (bicyclic) bond motifs is 1. The summed E-state index contributed by atoms with van der Waals surface area (Å²) in [5, 5.41) is 3.09. The first-order valence-electron chi connectivity index (χ1n) is 9.53. The van der Waals surface area contributed by atoms with Crippen molar-refractivity contribution in [2.24, 2.45) is 0 Å². The highest BCUT2D eigenvalue weighted by Gasteiger charge is 2.30. The molecule has 0 aliphatic carbocycles. The maximum absolute atomic E-state index is 12.8. The molecule has 0 saturated carbocycles. The Bertz CT molecular complexity index is 1280. The highest BCUT2D eigenvalue weighted by Crippen LogP contribution is 2.32. The molecular formula is C23H17F3N4O2. The van der Waals surface area contributed by atoms with Gasteiger partial charge in [-0.25, -0.2) is 10.2 Å². The van der Waals surface area contributed by atoms with E-state index in [4.69, 9.17) is 0 Å². The van der Waals surface area contributed by atoms with Crippen LogP contribution in [-0.2, 0) is 6.18 Å². The van der Waals surface area contributed by atoms with Gasteiger partial charge in [-0.05, 0) is 29.8 Å². The monoisotopic (exact) mass is 438 g/mol. The Morgan fingerprint density at radius 1 is 0.812 bits per heavy atom. The van der Waals surface area contributed by atoms with E-state index >= 15 is 0 Å². The molecule has 1 heterocycles. The van der Waals surface area contributed by atoms with E-state index in [1.807, 2.05) is 54.6 Å². The number of carbonyl (C=O) groups is 2. The van der Waals surface area contributed by atoms with Crippen LogP contribution in [0.15, 0.2) is 78.9 Å². The number of halogens is 3. The third-order valence-electron chi connectivity index (χ3n) is 4.73. The molecule has 0 spiro atoms. The number of hydrazine groups is 1. The molecule has 0 aliphatic rings. The molecule has 0 saturated heterocycles. The number of benzene rings is 3. The fourth-order valence-corrected chi connectivity index (χ4v) is 3.33. The molecule has 0 bridgehead atoms. The molecule has 3 amide bonds. The van der Waals surface area contributed by atoms with Gasteiger partial charge in [0, 0.05) is 22.2 Å². The number of carbonyl (C=O) groups excluding carboxylic acids is 2. The summed E-state index contributed by atoms with van der Waals surface area (Å²) in [5.74, 6) is -0.612. The number of hydrogen-bond acceptors (Lipinski definition) is 2. The molecule has 4 aromatic rings. The van der Waals surface area contributed by atoms with Crippen LogP contribution in [0.25, 0.3) is 22.0 Å². The summed E-state index contributed by atoms with van der Waals surface area (Å²) in [6.45, 7) is 0. The zero-order valence-corrected chi connectivity index (χ0v) is 16.5. The fourth-order valence-electron chi connectivity index (χ4n) is 3.33. The summed E-state index contributed by atoms with van der Waals surface area (Å²) in [6, 6.07) is 19.9. The molecule has 0 unspecified atom stereocenters. The SMILES string of the molecule is O=C(NNC(=O)c1[nH]c2ccccc2c1-c1ccccc1)Nc1cccc(C(F)(F)F)c1. The summed E-state index contributed by atoms with van der Waals surface area (Å²) in [7, 11) is 0. The molecule has 4 rings (SSSR count). The highest BCUT2D eigenvalue weighted by atomic mass is 19.4. The number of aromatic nitrogens is 1. The number of H-pyrrole nitrogens is 1. The van der Waals surface area contributed by atoms with Crippen LogP contribution in [0.2, 0.25) is 0 Å². The minimum absolute atomic E-state index is 0.0674. The fraction of sp³-hybridized carbons (Fsp3) is 0.0435. The molecule has 6 nitrogen and oxygen atoms in total. The van der Waals surface area contributed by atoms with Crippen LogP contribution in [0, 0.1) is 0 Å². The summed E-state index contributed by atoms with van der Waals surface area (Å²) >= 11 is 0. The van der Waals surface area contributed by atoms with Crippen molar-refractivity contribution in [3.05, 3.63) is 90.1 Å². The summed E-state index contributed by atoms with van der Waals surface area (Å²) < 4.78 is 38.5. The van der Waals surface area contributed by atoms with Crippen LogP contribution in [0.3, 0.4) is 0 Å². The van der Waals surface area contributed by atoms with E-state index in [1.165, 1.54) is 12.1 Å². The Labute approximate surface area is 180 Å². The Kier molecular flexibility index (Phi) is 5.55. The van der Waals surface area contributed by atoms with E-state index in [0.29, 0.717) is 5.56 Å². The van der Waals surface area contributed by atoms with Crippen LogP contribution >= 0.6 is 0 Å². The predicted molar refractivity (Wildman–Crippen MR) is 115 cm³/mol. The van der Waals surface area contributed by atoms with Gasteiger partial charge in [-0.2, -0.15) is 13.2 Å². The van der Waals surface area contributed by atoms with E-state index in [0.717, 1.165) is 28.6 Å². The molecule has 4 N–H and O–H groups in total. The molecule has 3 aromatic carbocycles. The lowest BCUT2D eigenvalue weighted by Crippen LogP contribution is -2.44. The number of para-hydroxylation sites is 1. The number of amides is 3. The van der Waals surface area contributed by atoms with Crippen LogP contribution in [0.5, 0.6) is 0 Å². The number of urea groups is 1. The molecule has 0 fully saturated rings. The summed E-state index contributed by atoms with van der Waals surface area (Å²) in [5.41, 5.74) is 5.92. The van der Waals surface area contributed by atoms with Gasteiger partial charge >= 0.3 is 12.2 Å². The average Bonchev–Trinajstić information content (AvgIpc) is 3.17. The number of hydrogen-bond donors (Lipinski definition) is 4. The van der Waals surface area contributed by atoms with E-state index in [9.17, 15) is 22.8 Å². The molecule has 0 radical (unpaired) electrons. The molecule has 162 valence electrons. The van der Waals surface area contributed by atoms with Crippen LogP contribution in [0.1, 0.15) is 16.1 Å². The van der Waals surface area contributed by atoms with Gasteiger partial charge in [0.15, 0.2) is 0 Å². The van der Waals surface area contributed by atoms with Gasteiger partial charge in [0.2, 0.25) is 0 Å². The summed E-state index contributed by atoms with van der Waals surface area (Å²) in [6.07, 6.45) is -4.54. The molecule has 0 aliphatic heterocycles. The van der Waals surface area contributed by atoms with E-state index < -0.39 is 23.7 Å². The van der Waals surface area contributed by atoms with E-state index in [1.54, 1.807) is 0 Å². The van der Waals surface area contributed by atoms with Crippen molar-refractivity contribution in [3.63, 3.8) is 0 Å². The van der Waals surface area contributed by atoms with Crippen molar-refractivity contribution in [1.29, 1.82) is 0 Å². The summed E-state index contributed by atoms with van der Waals surface area (Å²) in [4.78, 5) is 28.0. The first kappa shape index (κ1) is 21.0. The van der Waals surface area contributed by atoms with Gasteiger partial charge in [0.25, 0.3) is 5.91 Å². The second-order valence-corrected chi connectivity index (χ2v) is 6.90. The van der Waals surface area contributed by atoms with Gasteiger partial charge in [-0.3, -0.25) is 10.2 Å². The standard InChI is InChI=1S/C23H17F3N4O2/c24-23(25,26)15-9-6-10-16(13-15)27-22(32)30-29-21(31)20-19(14-7-2-1-3-8-14)17-11-4-5-12-18(17)28-20/h1-13,28H,(H,29,31)(H2,27,30,32). The minimum atomic E-state index is -4.54. The van der Waals surface area contributed by atoms with Gasteiger partial charge in [0.1, 0.15) is 5.69 Å². The minimum Gasteiger partial charge on any atom is -0.350 e. The lowest BCUT2D eigenvalue weighted by molar-refractivity contribution is -0.137. The van der Waals surface area contributed by atoms with Gasteiger partial charge in [0.05, 0.1) is 5.56 Å². The van der Waals surface area contributed by atoms with Crippen LogP contribution in [-0.4, -0.2) is 16.9 Å². The highest BCUT2D eigenvalue weighted by molar-refractivity contribution is 6.10. The smallest absolute Gasteiger partial charge is 0.350 e. The van der Waals surface area contributed by atoms with E-state index in [-0.39, 0.29) is 11.4 Å². The average molecular weight is 438 g/mol. The zero-order chi connectivity index (χ0) is 22.7. The Hall–Kier alpha value is -4.27. The largest absolute Gasteiger partial charge is 0.416 e. The van der Waals surface area contributed by atoms with Crippen molar-refractivity contribution in [3.8, 4) is 11.1 Å². The van der Waals surface area contributed by atoms with Crippen molar-refractivity contribution < 1.29 is 22.8 Å². The van der Waals surface area contributed by atoms with Crippen LogP contribution < -0.4 is 16.2 Å². The molecule has 9 heteroatoms. The van der Waals surface area contributed by atoms with Gasteiger partial charge in [-0.1, -0.05) is 54.6 Å². The maximum atomic E-state index is 12.8. The third kappa shape index (κ3) is 4.41. The zero-order valence-electron chi connectivity index (χ0n) is 16.5. The lowest BCUT2D eigenvalue weighted by Gasteiger charge is -2.11. The molecule has 32 heavy (non-hydrogen) atoms. The number of rotatable bonds is 3. The first-order chi connectivity index (χ1) is 15.3. The maximum Gasteiger partial charge on any atom is 0.416 e. The van der Waals surface area contributed by atoms with Crippen molar-refractivity contribution in [2.75, 3.05) is 5.32 Å². The van der Waals surface area contributed by atoms with Crippen molar-refractivity contribution in [2.45, 2.75) is 6.18 Å². The molecular weight excluding hydrogens is 421 g/mol. The van der Waals surface area contributed by atoms with Gasteiger partial charge < -0.3 is 10.3 Å². The van der Waals surface area contributed by atoms with E-state index in [2.05, 4.69) is 21.2 Å². The number of nitrogens with one attached hydrogen (secondary N) is 4. The predicted octanol–water partition coefficient (Wildman–Crippen LogP) is 5.32. The Morgan fingerprint density at radius 2 is 1.53 bits per heavy atom. The number of alkyl halides is 3. The van der Waals surface area contributed by atoms with Crippen LogP contribution in [0.4, 0.5) is 23.7 Å². The second kappa shape index (κ2) is 8.46. The topological polar surface area (TPSA) is 86.0 Å². The number of aromatic amines is 1. The third-order valence-corrected chi connectivity index (χ3v) is 4.73. The molecule has 1 aromatic heterocycles. The second-order valence-electron chi connectivity index (χ2n) is 6.90. The van der Waals surface area contributed by atoms with Crippen molar-refractivity contribution >= 4 is 28.5 Å². The number of anilines is 1. The Balaban J connectivity index is 1.51. The first-order valence-corrected chi connectivity index (χ1v) is 9.53. The molecule has 0 atom stereocenters. The quantitative estimate of drug-likeness (QED) is 0.326. The van der Waals surface area contributed by atoms with Gasteiger partial charge in [-0.15, -0.1) is 0 Å². The Morgan fingerprint density at radius 3 is 2.28 bits per heavy atom. The lowest BCUT2D eigenvalue weighted by atomic mass is 10.0. The normalized spacial score (nSPS) is 11.2. The van der Waals surface area contributed by atoms with Crippen molar-refractivity contribution in [1.82, 2.24) is 15.8 Å².